The lowest BCUT2D eigenvalue weighted by Gasteiger charge is -2.31. The molecule has 2 aromatic rings. The Labute approximate surface area is 183 Å². The van der Waals surface area contributed by atoms with Crippen LogP contribution >= 0.6 is 58.0 Å². The van der Waals surface area contributed by atoms with Gasteiger partial charge in [0.25, 0.3) is 0 Å². The first-order chi connectivity index (χ1) is 12.8. The van der Waals surface area contributed by atoms with Crippen molar-refractivity contribution in [3.05, 3.63) is 61.0 Å². The molecule has 1 N–H and O–H groups in total. The predicted molar refractivity (Wildman–Crippen MR) is 115 cm³/mol. The molecular weight excluding hydrogens is 449 g/mol. The fraction of sp³-hybridized carbons (Fsp3) is 0.316. The second-order valence-corrected chi connectivity index (χ2v) is 8.52. The van der Waals surface area contributed by atoms with E-state index < -0.39 is 0 Å². The van der Waals surface area contributed by atoms with Gasteiger partial charge >= 0.3 is 0 Å². The molecule has 144 valence electrons. The van der Waals surface area contributed by atoms with Crippen LogP contribution in [0.1, 0.15) is 18.4 Å². The van der Waals surface area contributed by atoms with Crippen molar-refractivity contribution in [3.8, 4) is 0 Å². The molecule has 1 aliphatic rings. The fourth-order valence-corrected chi connectivity index (χ4v) is 4.22. The van der Waals surface area contributed by atoms with Gasteiger partial charge in [0.05, 0.1) is 20.8 Å². The van der Waals surface area contributed by atoms with Crippen molar-refractivity contribution in [2.45, 2.75) is 19.4 Å². The number of piperidine rings is 1. The summed E-state index contributed by atoms with van der Waals surface area (Å²) >= 11 is 30.6. The van der Waals surface area contributed by atoms with Crippen LogP contribution in [-0.4, -0.2) is 23.9 Å². The van der Waals surface area contributed by atoms with Crippen LogP contribution in [0.3, 0.4) is 0 Å². The Morgan fingerprint density at radius 3 is 2.15 bits per heavy atom. The molecule has 0 spiro atoms. The van der Waals surface area contributed by atoms with Gasteiger partial charge in [-0.05, 0) is 50.2 Å². The first-order valence-corrected chi connectivity index (χ1v) is 10.3. The lowest BCUT2D eigenvalue weighted by atomic mass is 9.95. The maximum atomic E-state index is 12.6. The van der Waals surface area contributed by atoms with Crippen molar-refractivity contribution in [1.29, 1.82) is 0 Å². The van der Waals surface area contributed by atoms with E-state index in [0.29, 0.717) is 37.3 Å². The van der Waals surface area contributed by atoms with Crippen LogP contribution < -0.4 is 5.32 Å². The largest absolute Gasteiger partial charge is 0.324 e. The number of hydrogen-bond donors (Lipinski definition) is 1. The second-order valence-electron chi connectivity index (χ2n) is 6.49. The fourth-order valence-electron chi connectivity index (χ4n) is 3.11. The first-order valence-electron chi connectivity index (χ1n) is 8.46. The van der Waals surface area contributed by atoms with Gasteiger partial charge in [-0.1, -0.05) is 64.1 Å². The van der Waals surface area contributed by atoms with Gasteiger partial charge in [0.1, 0.15) is 0 Å². The third-order valence-electron chi connectivity index (χ3n) is 4.67. The third-order valence-corrected chi connectivity index (χ3v) is 6.41. The van der Waals surface area contributed by atoms with E-state index in [1.54, 1.807) is 6.07 Å². The number of likely N-dealkylation sites (tertiary alicyclic amines) is 1. The van der Waals surface area contributed by atoms with Crippen LogP contribution in [0.4, 0.5) is 5.69 Å². The number of halogens is 5. The number of rotatable bonds is 4. The third kappa shape index (κ3) is 5.23. The molecule has 0 aromatic heterocycles. The molecule has 1 fully saturated rings. The Kier molecular flexibility index (Phi) is 7.18. The molecule has 0 bridgehead atoms. The summed E-state index contributed by atoms with van der Waals surface area (Å²) in [6.45, 7) is 2.24. The molecule has 0 unspecified atom stereocenters. The van der Waals surface area contributed by atoms with Gasteiger partial charge in [0.2, 0.25) is 5.91 Å². The Balaban J connectivity index is 1.57. The molecule has 3 nitrogen and oxygen atoms in total. The number of nitrogens with one attached hydrogen (secondary N) is 1. The monoisotopic (exact) mass is 464 g/mol. The molecule has 0 radical (unpaired) electrons. The standard InChI is InChI=1S/C19H17Cl5N2O/c20-13-2-1-3-14(21)12(13)10-26-6-4-11(5-7-26)19(27)25-18-9-16(23)15(22)8-17(18)24/h1-3,8-9,11H,4-7,10H2,(H,25,27). The van der Waals surface area contributed by atoms with Gasteiger partial charge in [-0.25, -0.2) is 0 Å². The summed E-state index contributed by atoms with van der Waals surface area (Å²) in [7, 11) is 0. The Morgan fingerprint density at radius 1 is 0.926 bits per heavy atom. The minimum absolute atomic E-state index is 0.0642. The number of carbonyl (C=O) groups excluding carboxylic acids is 1. The summed E-state index contributed by atoms with van der Waals surface area (Å²) in [6, 6.07) is 8.60. The summed E-state index contributed by atoms with van der Waals surface area (Å²) in [5, 5.41) is 5.25. The van der Waals surface area contributed by atoms with Gasteiger partial charge < -0.3 is 5.32 Å². The van der Waals surface area contributed by atoms with E-state index in [2.05, 4.69) is 10.2 Å². The average molecular weight is 467 g/mol. The molecule has 0 atom stereocenters. The van der Waals surface area contributed by atoms with E-state index in [-0.39, 0.29) is 11.8 Å². The number of nitrogens with zero attached hydrogens (tertiary/aromatic N) is 1. The molecule has 8 heteroatoms. The summed E-state index contributed by atoms with van der Waals surface area (Å²) in [5.41, 5.74) is 1.40. The molecule has 1 heterocycles. The van der Waals surface area contributed by atoms with E-state index in [1.165, 1.54) is 6.07 Å². The topological polar surface area (TPSA) is 32.3 Å². The number of amides is 1. The molecule has 27 heavy (non-hydrogen) atoms. The highest BCUT2D eigenvalue weighted by atomic mass is 35.5. The van der Waals surface area contributed by atoms with Crippen molar-refractivity contribution >= 4 is 69.6 Å². The molecule has 0 saturated carbocycles. The van der Waals surface area contributed by atoms with Crippen LogP contribution in [0.15, 0.2) is 30.3 Å². The van der Waals surface area contributed by atoms with Crippen LogP contribution in [-0.2, 0) is 11.3 Å². The molecule has 1 saturated heterocycles. The summed E-state index contributed by atoms with van der Waals surface area (Å²) in [6.07, 6.45) is 1.49. The second kappa shape index (κ2) is 9.21. The van der Waals surface area contributed by atoms with E-state index in [9.17, 15) is 4.79 Å². The highest BCUT2D eigenvalue weighted by Gasteiger charge is 2.26. The predicted octanol–water partition coefficient (Wildman–Crippen LogP) is 6.80. The van der Waals surface area contributed by atoms with Crippen LogP contribution in [0.2, 0.25) is 25.1 Å². The zero-order valence-electron chi connectivity index (χ0n) is 14.2. The Morgan fingerprint density at radius 2 is 1.52 bits per heavy atom. The molecular formula is C19H17Cl5N2O. The quantitative estimate of drug-likeness (QED) is 0.502. The minimum Gasteiger partial charge on any atom is -0.324 e. The van der Waals surface area contributed by atoms with Gasteiger partial charge in [0.15, 0.2) is 0 Å². The van der Waals surface area contributed by atoms with E-state index in [4.69, 9.17) is 58.0 Å². The highest BCUT2D eigenvalue weighted by Crippen LogP contribution is 2.33. The summed E-state index contributed by atoms with van der Waals surface area (Å²) < 4.78 is 0. The van der Waals surface area contributed by atoms with E-state index in [0.717, 1.165) is 31.5 Å². The van der Waals surface area contributed by atoms with Crippen molar-refractivity contribution in [2.75, 3.05) is 18.4 Å². The van der Waals surface area contributed by atoms with Crippen LogP contribution in [0.5, 0.6) is 0 Å². The SMILES string of the molecule is O=C(Nc1cc(Cl)c(Cl)cc1Cl)C1CCN(Cc2c(Cl)cccc2Cl)CC1. The van der Waals surface area contributed by atoms with Gasteiger partial charge in [-0.15, -0.1) is 0 Å². The normalized spacial score (nSPS) is 15.7. The molecule has 0 aliphatic carbocycles. The summed E-state index contributed by atoms with van der Waals surface area (Å²) in [5.74, 6) is -0.154. The number of carbonyl (C=O) groups is 1. The number of anilines is 1. The zero-order valence-corrected chi connectivity index (χ0v) is 18.0. The zero-order chi connectivity index (χ0) is 19.6. The van der Waals surface area contributed by atoms with Crippen LogP contribution in [0, 0.1) is 5.92 Å². The number of hydrogen-bond acceptors (Lipinski definition) is 2. The van der Waals surface area contributed by atoms with Crippen molar-refractivity contribution in [3.63, 3.8) is 0 Å². The van der Waals surface area contributed by atoms with Gasteiger partial charge in [0, 0.05) is 28.1 Å². The Hall–Kier alpha value is -0.680. The molecule has 2 aromatic carbocycles. The van der Waals surface area contributed by atoms with Crippen molar-refractivity contribution in [1.82, 2.24) is 4.90 Å². The van der Waals surface area contributed by atoms with Gasteiger partial charge in [-0.3, -0.25) is 9.69 Å². The lowest BCUT2D eigenvalue weighted by molar-refractivity contribution is -0.121. The van der Waals surface area contributed by atoms with E-state index >= 15 is 0 Å². The smallest absolute Gasteiger partial charge is 0.227 e. The van der Waals surface area contributed by atoms with Crippen molar-refractivity contribution in [2.24, 2.45) is 5.92 Å². The maximum absolute atomic E-state index is 12.6. The molecule has 3 rings (SSSR count). The molecule has 1 amide bonds. The maximum Gasteiger partial charge on any atom is 0.227 e. The Bertz CT molecular complexity index is 830. The minimum atomic E-state index is -0.0894. The van der Waals surface area contributed by atoms with Crippen LogP contribution in [0.25, 0.3) is 0 Å². The van der Waals surface area contributed by atoms with Crippen molar-refractivity contribution < 1.29 is 4.79 Å². The highest BCUT2D eigenvalue weighted by molar-refractivity contribution is 6.44. The lowest BCUT2D eigenvalue weighted by Crippen LogP contribution is -2.37. The van der Waals surface area contributed by atoms with E-state index in [1.807, 2.05) is 18.2 Å². The van der Waals surface area contributed by atoms with Gasteiger partial charge in [-0.2, -0.15) is 0 Å². The first kappa shape index (κ1) is 21.0. The molecule has 1 aliphatic heterocycles. The average Bonchev–Trinajstić information content (AvgIpc) is 2.63. The summed E-state index contributed by atoms with van der Waals surface area (Å²) in [4.78, 5) is 14.8. The number of benzene rings is 2.